The third kappa shape index (κ3) is 5.99. The van der Waals surface area contributed by atoms with E-state index in [-0.39, 0.29) is 17.7 Å². The van der Waals surface area contributed by atoms with Gasteiger partial charge < -0.3 is 15.4 Å². The van der Waals surface area contributed by atoms with E-state index in [9.17, 15) is 9.59 Å². The first-order valence-corrected chi connectivity index (χ1v) is 12.2. The maximum atomic E-state index is 13.3. The fourth-order valence-corrected chi connectivity index (χ4v) is 4.14. The third-order valence-electron chi connectivity index (χ3n) is 6.04. The van der Waals surface area contributed by atoms with Crippen molar-refractivity contribution in [3.63, 3.8) is 0 Å². The summed E-state index contributed by atoms with van der Waals surface area (Å²) in [6.45, 7) is 1.07. The molecule has 2 N–H and O–H groups in total. The number of benzene rings is 2. The quantitative estimate of drug-likeness (QED) is 0.362. The number of amides is 2. The summed E-state index contributed by atoms with van der Waals surface area (Å²) in [6.07, 6.45) is 8.74. The summed E-state index contributed by atoms with van der Waals surface area (Å²) in [6, 6.07) is 22.2. The molecule has 5 rings (SSSR count). The Hall–Kier alpha value is -4.56. The van der Waals surface area contributed by atoms with Crippen LogP contribution in [0, 0.1) is 0 Å². The fraction of sp³-hybridized carbons (Fsp3) is 0.172. The standard InChI is InChI=1S/C29H27N5O3/c35-28(21-9-3-1-4-10-21)32-26(29(36)31-19-25-14-8-16-37-25)17-23-20-34(24-12-5-2-6-13-24)33-27(23)22-11-7-15-30-18-22/h1-7,9-13,15,17-18,20,25H,8,14,16,19H2,(H,31,36)(H,32,35)/b26-17+/t25-/m0/s1. The zero-order valence-electron chi connectivity index (χ0n) is 20.2. The lowest BCUT2D eigenvalue weighted by molar-refractivity contribution is -0.118. The highest BCUT2D eigenvalue weighted by molar-refractivity contribution is 6.05. The van der Waals surface area contributed by atoms with Gasteiger partial charge in [-0.25, -0.2) is 4.68 Å². The van der Waals surface area contributed by atoms with E-state index in [1.54, 1.807) is 47.4 Å². The maximum Gasteiger partial charge on any atom is 0.267 e. The minimum Gasteiger partial charge on any atom is -0.376 e. The van der Waals surface area contributed by atoms with Crippen LogP contribution in [0.15, 0.2) is 97.1 Å². The minimum absolute atomic E-state index is 0.0261. The van der Waals surface area contributed by atoms with Crippen LogP contribution in [-0.2, 0) is 9.53 Å². The molecule has 1 saturated heterocycles. The average molecular weight is 494 g/mol. The number of carbonyl (C=O) groups is 2. The normalized spacial score (nSPS) is 15.4. The first kappa shape index (κ1) is 24.1. The molecule has 2 aromatic carbocycles. The maximum absolute atomic E-state index is 13.3. The molecule has 0 unspecified atom stereocenters. The summed E-state index contributed by atoms with van der Waals surface area (Å²) in [4.78, 5) is 30.5. The second-order valence-corrected chi connectivity index (χ2v) is 8.68. The highest BCUT2D eigenvalue weighted by atomic mass is 16.5. The minimum atomic E-state index is -0.399. The number of nitrogens with zero attached hydrogens (tertiary/aromatic N) is 3. The number of aromatic nitrogens is 3. The van der Waals surface area contributed by atoms with E-state index in [1.165, 1.54) is 0 Å². The number of nitrogens with one attached hydrogen (secondary N) is 2. The number of para-hydroxylation sites is 1. The molecular weight excluding hydrogens is 466 g/mol. The van der Waals surface area contributed by atoms with Crippen molar-refractivity contribution in [2.45, 2.75) is 18.9 Å². The molecular formula is C29H27N5O3. The Morgan fingerprint density at radius 1 is 1.03 bits per heavy atom. The number of rotatable bonds is 8. The number of hydrogen-bond acceptors (Lipinski definition) is 5. The van der Waals surface area contributed by atoms with Gasteiger partial charge in [-0.15, -0.1) is 0 Å². The van der Waals surface area contributed by atoms with E-state index in [2.05, 4.69) is 15.6 Å². The molecule has 1 aliphatic rings. The van der Waals surface area contributed by atoms with Crippen LogP contribution < -0.4 is 10.6 Å². The van der Waals surface area contributed by atoms with Crippen LogP contribution >= 0.6 is 0 Å². The third-order valence-corrected chi connectivity index (χ3v) is 6.04. The van der Waals surface area contributed by atoms with Crippen molar-refractivity contribution < 1.29 is 14.3 Å². The van der Waals surface area contributed by atoms with Gasteiger partial charge in [-0.2, -0.15) is 5.10 Å². The number of carbonyl (C=O) groups excluding carboxylic acids is 2. The molecule has 0 saturated carbocycles. The van der Waals surface area contributed by atoms with Crippen LogP contribution in [0.3, 0.4) is 0 Å². The Morgan fingerprint density at radius 3 is 2.51 bits per heavy atom. The molecule has 0 bridgehead atoms. The Balaban J connectivity index is 1.52. The molecule has 0 radical (unpaired) electrons. The second-order valence-electron chi connectivity index (χ2n) is 8.68. The zero-order valence-corrected chi connectivity index (χ0v) is 20.2. The summed E-state index contributed by atoms with van der Waals surface area (Å²) < 4.78 is 7.38. The van der Waals surface area contributed by atoms with Crippen LogP contribution in [0.1, 0.15) is 28.8 Å². The van der Waals surface area contributed by atoms with Crippen LogP contribution in [0.4, 0.5) is 0 Å². The molecule has 8 heteroatoms. The highest BCUT2D eigenvalue weighted by Gasteiger charge is 2.21. The van der Waals surface area contributed by atoms with Gasteiger partial charge in [0.2, 0.25) is 0 Å². The molecule has 0 spiro atoms. The van der Waals surface area contributed by atoms with Crippen molar-refractivity contribution in [1.82, 2.24) is 25.4 Å². The number of pyridine rings is 1. The molecule has 0 aliphatic carbocycles. The molecule has 37 heavy (non-hydrogen) atoms. The summed E-state index contributed by atoms with van der Waals surface area (Å²) in [5.74, 6) is -0.776. The van der Waals surface area contributed by atoms with E-state index >= 15 is 0 Å². The second kappa shape index (κ2) is 11.5. The lowest BCUT2D eigenvalue weighted by atomic mass is 10.1. The topological polar surface area (TPSA) is 98.1 Å². The van der Waals surface area contributed by atoms with Crippen molar-refractivity contribution in [3.8, 4) is 16.9 Å². The SMILES string of the molecule is O=C(NC[C@@H]1CCCO1)/C(=C\c1cn(-c2ccccc2)nc1-c1cccnc1)NC(=O)c1ccccc1. The number of ether oxygens (including phenoxy) is 1. The van der Waals surface area contributed by atoms with Crippen LogP contribution in [0.5, 0.6) is 0 Å². The lowest BCUT2D eigenvalue weighted by Crippen LogP contribution is -2.38. The predicted molar refractivity (Wildman–Crippen MR) is 141 cm³/mol. The van der Waals surface area contributed by atoms with Gasteiger partial charge in [0.05, 0.1) is 11.8 Å². The van der Waals surface area contributed by atoms with Crippen molar-refractivity contribution >= 4 is 17.9 Å². The predicted octanol–water partition coefficient (Wildman–Crippen LogP) is 4.00. The Kier molecular flexibility index (Phi) is 7.47. The van der Waals surface area contributed by atoms with E-state index in [0.717, 1.165) is 24.1 Å². The summed E-state index contributed by atoms with van der Waals surface area (Å²) in [5.41, 5.74) is 3.52. The van der Waals surface area contributed by atoms with Gasteiger partial charge >= 0.3 is 0 Å². The van der Waals surface area contributed by atoms with Gasteiger partial charge in [-0.1, -0.05) is 36.4 Å². The van der Waals surface area contributed by atoms with Crippen molar-refractivity contribution in [3.05, 3.63) is 108 Å². The van der Waals surface area contributed by atoms with Crippen molar-refractivity contribution in [2.24, 2.45) is 0 Å². The van der Waals surface area contributed by atoms with Gasteiger partial charge in [-0.3, -0.25) is 14.6 Å². The summed E-state index contributed by atoms with van der Waals surface area (Å²) in [7, 11) is 0. The highest BCUT2D eigenvalue weighted by Crippen LogP contribution is 2.25. The zero-order chi connectivity index (χ0) is 25.5. The van der Waals surface area contributed by atoms with Gasteiger partial charge in [0.25, 0.3) is 11.8 Å². The fourth-order valence-electron chi connectivity index (χ4n) is 4.14. The van der Waals surface area contributed by atoms with E-state index < -0.39 is 5.91 Å². The van der Waals surface area contributed by atoms with E-state index in [4.69, 9.17) is 9.84 Å². The first-order valence-electron chi connectivity index (χ1n) is 12.2. The molecule has 3 heterocycles. The largest absolute Gasteiger partial charge is 0.376 e. The Labute approximate surface area is 215 Å². The average Bonchev–Trinajstić information content (AvgIpc) is 3.63. The summed E-state index contributed by atoms with van der Waals surface area (Å²) >= 11 is 0. The van der Waals surface area contributed by atoms with Crippen molar-refractivity contribution in [2.75, 3.05) is 13.2 Å². The monoisotopic (exact) mass is 493 g/mol. The number of hydrogen-bond donors (Lipinski definition) is 2. The Morgan fingerprint density at radius 2 is 1.81 bits per heavy atom. The molecule has 1 fully saturated rings. The van der Waals surface area contributed by atoms with Crippen molar-refractivity contribution in [1.29, 1.82) is 0 Å². The molecule has 186 valence electrons. The van der Waals surface area contributed by atoms with Gasteiger partial charge in [0, 0.05) is 48.4 Å². The van der Waals surface area contributed by atoms with Gasteiger partial charge in [0.15, 0.2) is 0 Å². The van der Waals surface area contributed by atoms with Crippen LogP contribution in [-0.4, -0.2) is 45.8 Å². The first-order chi connectivity index (χ1) is 18.2. The Bertz CT molecular complexity index is 1380. The molecule has 8 nitrogen and oxygen atoms in total. The van der Waals surface area contributed by atoms with E-state index in [0.29, 0.717) is 30.0 Å². The molecule has 4 aromatic rings. The van der Waals surface area contributed by atoms with Crippen LogP contribution in [0.25, 0.3) is 23.0 Å². The molecule has 2 amide bonds. The molecule has 1 atom stereocenters. The van der Waals surface area contributed by atoms with Crippen LogP contribution in [0.2, 0.25) is 0 Å². The molecule has 2 aromatic heterocycles. The van der Waals surface area contributed by atoms with Gasteiger partial charge in [0.1, 0.15) is 11.4 Å². The smallest absolute Gasteiger partial charge is 0.267 e. The van der Waals surface area contributed by atoms with Gasteiger partial charge in [-0.05, 0) is 55.3 Å². The summed E-state index contributed by atoms with van der Waals surface area (Å²) in [5, 5.41) is 10.5. The lowest BCUT2D eigenvalue weighted by Gasteiger charge is -2.14. The molecule has 1 aliphatic heterocycles. The van der Waals surface area contributed by atoms with E-state index in [1.807, 2.05) is 54.7 Å².